The number of nitrogens with zero attached hydrogens (tertiary/aromatic N) is 1. The van der Waals surface area contributed by atoms with Crippen LogP contribution in [0, 0.1) is 0 Å². The standard InChI is InChI=1S/C5H5NO3S/c1-9-3-2-10-6-4(3)5(7)8/h2H,1H3,(H,7,8). The third kappa shape index (κ3) is 1.08. The van der Waals surface area contributed by atoms with E-state index in [4.69, 9.17) is 9.84 Å². The van der Waals surface area contributed by atoms with Crippen molar-refractivity contribution < 1.29 is 14.6 Å². The molecule has 5 heteroatoms. The summed E-state index contributed by atoms with van der Waals surface area (Å²) in [5.41, 5.74) is -0.0208. The predicted molar refractivity (Wildman–Crippen MR) is 35.6 cm³/mol. The Hall–Kier alpha value is -1.10. The van der Waals surface area contributed by atoms with Crippen molar-refractivity contribution >= 4 is 17.5 Å². The van der Waals surface area contributed by atoms with Crippen molar-refractivity contribution in [3.8, 4) is 5.75 Å². The van der Waals surface area contributed by atoms with E-state index in [9.17, 15) is 4.79 Å². The molecule has 0 aliphatic carbocycles. The van der Waals surface area contributed by atoms with Gasteiger partial charge in [-0.2, -0.15) is 4.37 Å². The van der Waals surface area contributed by atoms with E-state index in [0.717, 1.165) is 11.5 Å². The van der Waals surface area contributed by atoms with E-state index in [1.807, 2.05) is 0 Å². The van der Waals surface area contributed by atoms with Crippen LogP contribution in [0.1, 0.15) is 10.5 Å². The third-order valence-electron chi connectivity index (χ3n) is 0.960. The lowest BCUT2D eigenvalue weighted by molar-refractivity contribution is 0.0688. The van der Waals surface area contributed by atoms with Crippen LogP contribution in [0.4, 0.5) is 0 Å². The summed E-state index contributed by atoms with van der Waals surface area (Å²) in [6, 6.07) is 0. The molecular formula is C5H5NO3S. The van der Waals surface area contributed by atoms with Gasteiger partial charge in [0.2, 0.25) is 5.69 Å². The smallest absolute Gasteiger partial charge is 0.359 e. The van der Waals surface area contributed by atoms with Gasteiger partial charge in [0.25, 0.3) is 0 Å². The van der Waals surface area contributed by atoms with Gasteiger partial charge in [-0.3, -0.25) is 0 Å². The Labute approximate surface area is 61.2 Å². The topological polar surface area (TPSA) is 59.4 Å². The fourth-order valence-corrected chi connectivity index (χ4v) is 1.15. The van der Waals surface area contributed by atoms with E-state index in [1.54, 1.807) is 5.38 Å². The van der Waals surface area contributed by atoms with Gasteiger partial charge >= 0.3 is 5.97 Å². The van der Waals surface area contributed by atoms with Crippen LogP contribution in [0.5, 0.6) is 5.75 Å². The molecular weight excluding hydrogens is 154 g/mol. The molecule has 4 nitrogen and oxygen atoms in total. The molecule has 1 heterocycles. The maximum absolute atomic E-state index is 10.3. The molecule has 0 fully saturated rings. The van der Waals surface area contributed by atoms with E-state index < -0.39 is 5.97 Å². The van der Waals surface area contributed by atoms with E-state index in [-0.39, 0.29) is 5.69 Å². The van der Waals surface area contributed by atoms with Crippen LogP contribution in [0.15, 0.2) is 5.38 Å². The minimum absolute atomic E-state index is 0.0208. The van der Waals surface area contributed by atoms with Crippen LogP contribution >= 0.6 is 11.5 Å². The molecule has 0 bridgehead atoms. The quantitative estimate of drug-likeness (QED) is 0.694. The normalized spacial score (nSPS) is 9.30. The Morgan fingerprint density at radius 1 is 1.90 bits per heavy atom. The Bertz CT molecular complexity index is 245. The summed E-state index contributed by atoms with van der Waals surface area (Å²) in [7, 11) is 1.41. The van der Waals surface area contributed by atoms with Gasteiger partial charge in [0, 0.05) is 0 Å². The van der Waals surface area contributed by atoms with Crippen molar-refractivity contribution in [2.75, 3.05) is 7.11 Å². The highest BCUT2D eigenvalue weighted by molar-refractivity contribution is 7.04. The third-order valence-corrected chi connectivity index (χ3v) is 1.57. The van der Waals surface area contributed by atoms with Gasteiger partial charge in [0.05, 0.1) is 12.5 Å². The second-order valence-electron chi connectivity index (χ2n) is 1.54. The average Bonchev–Trinajstić information content (AvgIpc) is 2.33. The minimum atomic E-state index is -1.06. The number of hydrogen-bond acceptors (Lipinski definition) is 4. The van der Waals surface area contributed by atoms with E-state index in [0.29, 0.717) is 5.75 Å². The molecule has 1 N–H and O–H groups in total. The Morgan fingerprint density at radius 2 is 2.60 bits per heavy atom. The maximum Gasteiger partial charge on any atom is 0.359 e. The van der Waals surface area contributed by atoms with Crippen molar-refractivity contribution in [2.45, 2.75) is 0 Å². The van der Waals surface area contributed by atoms with Crippen LogP contribution in [-0.2, 0) is 0 Å². The Kier molecular flexibility index (Phi) is 1.86. The van der Waals surface area contributed by atoms with Crippen molar-refractivity contribution in [1.82, 2.24) is 4.37 Å². The van der Waals surface area contributed by atoms with Gasteiger partial charge in [0.1, 0.15) is 0 Å². The van der Waals surface area contributed by atoms with Crippen LogP contribution in [0.2, 0.25) is 0 Å². The highest BCUT2D eigenvalue weighted by Gasteiger charge is 2.12. The summed E-state index contributed by atoms with van der Waals surface area (Å²) < 4.78 is 8.32. The first kappa shape index (κ1) is 7.01. The molecule has 0 aliphatic heterocycles. The summed E-state index contributed by atoms with van der Waals surface area (Å²) in [5.74, 6) is -0.740. The molecule has 1 aromatic heterocycles. The van der Waals surface area contributed by atoms with Crippen LogP contribution in [0.25, 0.3) is 0 Å². The molecule has 0 saturated carbocycles. The number of carboxylic acids is 1. The summed E-state index contributed by atoms with van der Waals surface area (Å²) >= 11 is 1.06. The summed E-state index contributed by atoms with van der Waals surface area (Å²) in [4.78, 5) is 10.3. The fourth-order valence-electron chi connectivity index (χ4n) is 0.517. The number of carbonyl (C=O) groups is 1. The molecule has 1 rings (SSSR count). The van der Waals surface area contributed by atoms with Crippen LogP contribution in [-0.4, -0.2) is 22.6 Å². The van der Waals surface area contributed by atoms with E-state index in [1.165, 1.54) is 7.11 Å². The Balaban J connectivity index is 3.01. The molecule has 10 heavy (non-hydrogen) atoms. The molecule has 54 valence electrons. The molecule has 0 aromatic carbocycles. The molecule has 0 spiro atoms. The van der Waals surface area contributed by atoms with Crippen molar-refractivity contribution in [1.29, 1.82) is 0 Å². The number of carboxylic acid groups (broad SMARTS) is 1. The zero-order valence-electron chi connectivity index (χ0n) is 5.20. The van der Waals surface area contributed by atoms with Gasteiger partial charge in [-0.25, -0.2) is 4.79 Å². The Morgan fingerprint density at radius 3 is 3.00 bits per heavy atom. The van der Waals surface area contributed by atoms with Gasteiger partial charge in [-0.1, -0.05) is 0 Å². The predicted octanol–water partition coefficient (Wildman–Crippen LogP) is 0.850. The highest BCUT2D eigenvalue weighted by Crippen LogP contribution is 2.18. The zero-order valence-corrected chi connectivity index (χ0v) is 6.01. The summed E-state index contributed by atoms with van der Waals surface area (Å²) in [6.45, 7) is 0. The van der Waals surface area contributed by atoms with Gasteiger partial charge < -0.3 is 9.84 Å². The fraction of sp³-hybridized carbons (Fsp3) is 0.200. The van der Waals surface area contributed by atoms with Crippen LogP contribution in [0.3, 0.4) is 0 Å². The first-order valence-electron chi connectivity index (χ1n) is 2.47. The average molecular weight is 159 g/mol. The number of hydrogen-bond donors (Lipinski definition) is 1. The molecule has 0 radical (unpaired) electrons. The highest BCUT2D eigenvalue weighted by atomic mass is 32.1. The van der Waals surface area contributed by atoms with E-state index >= 15 is 0 Å². The first-order chi connectivity index (χ1) is 4.75. The van der Waals surface area contributed by atoms with E-state index in [2.05, 4.69) is 4.37 Å². The monoisotopic (exact) mass is 159 g/mol. The zero-order chi connectivity index (χ0) is 7.56. The number of ether oxygens (including phenoxy) is 1. The van der Waals surface area contributed by atoms with Gasteiger partial charge in [-0.05, 0) is 11.5 Å². The lowest BCUT2D eigenvalue weighted by Crippen LogP contribution is -1.98. The first-order valence-corrected chi connectivity index (χ1v) is 3.31. The molecule has 1 aromatic rings. The maximum atomic E-state index is 10.3. The molecule has 0 atom stereocenters. The minimum Gasteiger partial charge on any atom is -0.493 e. The van der Waals surface area contributed by atoms with Gasteiger partial charge in [-0.15, -0.1) is 0 Å². The lowest BCUT2D eigenvalue weighted by Gasteiger charge is -1.93. The molecule has 0 aliphatic rings. The number of aromatic nitrogens is 1. The summed E-state index contributed by atoms with van der Waals surface area (Å²) in [5, 5.41) is 9.99. The molecule has 0 amide bonds. The van der Waals surface area contributed by atoms with Gasteiger partial charge in [0.15, 0.2) is 5.75 Å². The SMILES string of the molecule is COc1csnc1C(=O)O. The second kappa shape index (κ2) is 2.66. The molecule has 0 saturated heterocycles. The van der Waals surface area contributed by atoms with Crippen molar-refractivity contribution in [2.24, 2.45) is 0 Å². The lowest BCUT2D eigenvalue weighted by atomic mass is 10.4. The number of aromatic carboxylic acids is 1. The second-order valence-corrected chi connectivity index (χ2v) is 2.17. The van der Waals surface area contributed by atoms with Crippen molar-refractivity contribution in [3.63, 3.8) is 0 Å². The van der Waals surface area contributed by atoms with Crippen LogP contribution < -0.4 is 4.74 Å². The van der Waals surface area contributed by atoms with Crippen molar-refractivity contribution in [3.05, 3.63) is 11.1 Å². The molecule has 0 unspecified atom stereocenters. The summed E-state index contributed by atoms with van der Waals surface area (Å²) in [6.07, 6.45) is 0. The largest absolute Gasteiger partial charge is 0.493 e. The number of rotatable bonds is 2. The number of methoxy groups -OCH3 is 1.